The molecular weight excluding hydrogens is 432 g/mol. The number of carboxylic acid groups (broad SMARTS) is 1. The van der Waals surface area contributed by atoms with E-state index in [0.717, 1.165) is 0 Å². The fourth-order valence-electron chi connectivity index (χ4n) is 2.84. The van der Waals surface area contributed by atoms with Crippen molar-refractivity contribution >= 4 is 29.7 Å². The Labute approximate surface area is 194 Å². The molecule has 0 aliphatic carbocycles. The van der Waals surface area contributed by atoms with Crippen molar-refractivity contribution in [3.63, 3.8) is 0 Å². The fraction of sp³-hybridized carbons (Fsp3) is 0.750. The SMILES string of the molecule is CC(NC(=O)C(CCCCN)NC(=O)C(NC(=O)C(N)CCCN=C(N)N)C(C)C)C(=O)O. The number of amides is 3. The first-order valence-electron chi connectivity index (χ1n) is 11.1. The largest absolute Gasteiger partial charge is 0.480 e. The molecule has 0 aromatic rings. The number of nitrogens with two attached hydrogens (primary N) is 4. The summed E-state index contributed by atoms with van der Waals surface area (Å²) in [6.45, 7) is 5.55. The number of hydrogen-bond acceptors (Lipinski definition) is 7. The van der Waals surface area contributed by atoms with Crippen molar-refractivity contribution in [1.82, 2.24) is 16.0 Å². The Morgan fingerprint density at radius 2 is 1.52 bits per heavy atom. The summed E-state index contributed by atoms with van der Waals surface area (Å²) in [7, 11) is 0. The normalized spacial score (nSPS) is 14.5. The van der Waals surface area contributed by atoms with E-state index in [2.05, 4.69) is 20.9 Å². The highest BCUT2D eigenvalue weighted by Crippen LogP contribution is 2.07. The minimum atomic E-state index is -1.20. The number of nitrogens with zero attached hydrogens (tertiary/aromatic N) is 1. The molecule has 0 aliphatic heterocycles. The van der Waals surface area contributed by atoms with E-state index in [0.29, 0.717) is 38.8 Å². The number of nitrogens with one attached hydrogen (secondary N) is 3. The van der Waals surface area contributed by atoms with E-state index >= 15 is 0 Å². The molecule has 33 heavy (non-hydrogen) atoms. The molecule has 0 bridgehead atoms. The van der Waals surface area contributed by atoms with Crippen molar-refractivity contribution in [2.45, 2.75) is 77.0 Å². The molecule has 0 saturated heterocycles. The molecule has 0 aliphatic rings. The number of aliphatic carboxylic acids is 1. The van der Waals surface area contributed by atoms with Crippen LogP contribution in [0.15, 0.2) is 4.99 Å². The van der Waals surface area contributed by atoms with Gasteiger partial charge in [-0.2, -0.15) is 0 Å². The van der Waals surface area contributed by atoms with Crippen molar-refractivity contribution < 1.29 is 24.3 Å². The summed E-state index contributed by atoms with van der Waals surface area (Å²) < 4.78 is 0. The van der Waals surface area contributed by atoms with Gasteiger partial charge in [-0.3, -0.25) is 24.2 Å². The molecule has 0 heterocycles. The first-order chi connectivity index (χ1) is 15.4. The average molecular weight is 473 g/mol. The van der Waals surface area contributed by atoms with Gasteiger partial charge in [0.05, 0.1) is 6.04 Å². The molecular formula is C20H40N8O5. The van der Waals surface area contributed by atoms with E-state index in [9.17, 15) is 19.2 Å². The second kappa shape index (κ2) is 15.8. The lowest BCUT2D eigenvalue weighted by Crippen LogP contribution is -2.58. The van der Waals surface area contributed by atoms with Gasteiger partial charge in [-0.1, -0.05) is 13.8 Å². The second-order valence-electron chi connectivity index (χ2n) is 8.20. The van der Waals surface area contributed by atoms with Gasteiger partial charge < -0.3 is 44.0 Å². The number of carbonyl (C=O) groups excluding carboxylic acids is 3. The van der Waals surface area contributed by atoms with Crippen LogP contribution in [-0.2, 0) is 19.2 Å². The molecule has 0 saturated carbocycles. The van der Waals surface area contributed by atoms with Crippen molar-refractivity contribution in [2.24, 2.45) is 33.8 Å². The molecule has 12 N–H and O–H groups in total. The summed E-state index contributed by atoms with van der Waals surface area (Å²) in [4.78, 5) is 52.8. The number of hydrogen-bond donors (Lipinski definition) is 8. The van der Waals surface area contributed by atoms with E-state index in [1.165, 1.54) is 6.92 Å². The van der Waals surface area contributed by atoms with Gasteiger partial charge in [-0.15, -0.1) is 0 Å². The first kappa shape index (κ1) is 30.1. The molecule has 13 nitrogen and oxygen atoms in total. The van der Waals surface area contributed by atoms with E-state index in [4.69, 9.17) is 28.0 Å². The number of carboxylic acids is 1. The highest BCUT2D eigenvalue weighted by molar-refractivity contribution is 5.94. The predicted molar refractivity (Wildman–Crippen MR) is 125 cm³/mol. The summed E-state index contributed by atoms with van der Waals surface area (Å²) in [5.74, 6) is -3.25. The lowest BCUT2D eigenvalue weighted by molar-refractivity contribution is -0.142. The van der Waals surface area contributed by atoms with Gasteiger partial charge >= 0.3 is 5.97 Å². The number of carbonyl (C=O) groups is 4. The first-order valence-corrected chi connectivity index (χ1v) is 11.1. The Balaban J connectivity index is 5.15. The molecule has 0 aromatic carbocycles. The van der Waals surface area contributed by atoms with E-state index < -0.39 is 47.9 Å². The Kier molecular flexibility index (Phi) is 14.4. The molecule has 0 rings (SSSR count). The average Bonchev–Trinajstić information content (AvgIpc) is 2.73. The van der Waals surface area contributed by atoms with Crippen molar-refractivity contribution in [1.29, 1.82) is 0 Å². The zero-order valence-electron chi connectivity index (χ0n) is 19.7. The Bertz CT molecular complexity index is 681. The van der Waals surface area contributed by atoms with Crippen LogP contribution in [0.1, 0.15) is 52.9 Å². The molecule has 0 spiro atoms. The summed E-state index contributed by atoms with van der Waals surface area (Å²) >= 11 is 0. The van der Waals surface area contributed by atoms with Gasteiger partial charge in [0, 0.05) is 6.54 Å². The molecule has 0 fully saturated rings. The molecule has 13 heteroatoms. The monoisotopic (exact) mass is 472 g/mol. The van der Waals surface area contributed by atoms with Crippen molar-refractivity contribution in [3.05, 3.63) is 0 Å². The van der Waals surface area contributed by atoms with Crippen molar-refractivity contribution in [3.8, 4) is 0 Å². The molecule has 190 valence electrons. The van der Waals surface area contributed by atoms with Crippen LogP contribution in [0.4, 0.5) is 0 Å². The van der Waals surface area contributed by atoms with Gasteiger partial charge in [0.2, 0.25) is 17.7 Å². The lowest BCUT2D eigenvalue weighted by atomic mass is 10.0. The third-order valence-electron chi connectivity index (χ3n) is 4.86. The van der Waals surface area contributed by atoms with Crippen LogP contribution in [0.3, 0.4) is 0 Å². The Hall–Kier alpha value is -2.93. The van der Waals surface area contributed by atoms with Crippen molar-refractivity contribution in [2.75, 3.05) is 13.1 Å². The maximum Gasteiger partial charge on any atom is 0.325 e. The van der Waals surface area contributed by atoms with Crippen LogP contribution >= 0.6 is 0 Å². The number of unbranched alkanes of at least 4 members (excludes halogenated alkanes) is 1. The van der Waals surface area contributed by atoms with E-state index in [-0.39, 0.29) is 18.3 Å². The van der Waals surface area contributed by atoms with Gasteiger partial charge in [0.1, 0.15) is 18.1 Å². The third kappa shape index (κ3) is 12.6. The van der Waals surface area contributed by atoms with Crippen LogP contribution in [0.5, 0.6) is 0 Å². The number of aliphatic imine (C=N–C) groups is 1. The third-order valence-corrected chi connectivity index (χ3v) is 4.86. The maximum absolute atomic E-state index is 12.9. The smallest absolute Gasteiger partial charge is 0.325 e. The maximum atomic E-state index is 12.9. The van der Waals surface area contributed by atoms with Crippen LogP contribution in [0.25, 0.3) is 0 Å². The second-order valence-corrected chi connectivity index (χ2v) is 8.20. The number of rotatable bonds is 16. The summed E-state index contributed by atoms with van der Waals surface area (Å²) in [6.07, 6.45) is 2.25. The molecule has 4 unspecified atom stereocenters. The Morgan fingerprint density at radius 3 is 2.03 bits per heavy atom. The van der Waals surface area contributed by atoms with E-state index in [1.54, 1.807) is 13.8 Å². The zero-order valence-corrected chi connectivity index (χ0v) is 19.7. The number of guanidine groups is 1. The van der Waals surface area contributed by atoms with Gasteiger partial charge in [0.15, 0.2) is 5.96 Å². The molecule has 4 atom stereocenters. The minimum Gasteiger partial charge on any atom is -0.480 e. The summed E-state index contributed by atoms with van der Waals surface area (Å²) in [5, 5.41) is 16.6. The zero-order chi connectivity index (χ0) is 25.6. The van der Waals surface area contributed by atoms with Crippen LogP contribution in [0.2, 0.25) is 0 Å². The highest BCUT2D eigenvalue weighted by atomic mass is 16.4. The molecule has 0 radical (unpaired) electrons. The van der Waals surface area contributed by atoms with E-state index in [1.807, 2.05) is 0 Å². The Morgan fingerprint density at radius 1 is 0.879 bits per heavy atom. The van der Waals surface area contributed by atoms with Crippen LogP contribution < -0.4 is 38.9 Å². The van der Waals surface area contributed by atoms with Gasteiger partial charge in [-0.25, -0.2) is 0 Å². The van der Waals surface area contributed by atoms with Crippen LogP contribution in [0, 0.1) is 5.92 Å². The highest BCUT2D eigenvalue weighted by Gasteiger charge is 2.30. The topological polar surface area (TPSA) is 241 Å². The minimum absolute atomic E-state index is 0.0487. The summed E-state index contributed by atoms with van der Waals surface area (Å²) in [5.41, 5.74) is 21.9. The summed E-state index contributed by atoms with van der Waals surface area (Å²) in [6, 6.07) is -3.91. The fourth-order valence-corrected chi connectivity index (χ4v) is 2.84. The van der Waals surface area contributed by atoms with Gasteiger partial charge in [-0.05, 0) is 51.5 Å². The molecule has 0 aromatic heterocycles. The molecule has 3 amide bonds. The predicted octanol–water partition coefficient (Wildman–Crippen LogP) is -2.29. The van der Waals surface area contributed by atoms with Crippen LogP contribution in [-0.4, -0.2) is 72.0 Å². The lowest BCUT2D eigenvalue weighted by Gasteiger charge is -2.26. The quantitative estimate of drug-likeness (QED) is 0.0683. The standard InChI is InChI=1S/C20H40N8O5/c1-11(2)15(28-16(29)13(22)7-6-10-25-20(23)24)18(31)27-14(8-4-5-9-21)17(30)26-12(3)19(32)33/h11-15H,4-10,21-22H2,1-3H3,(H,26,30)(H,27,31)(H,28,29)(H,32,33)(H4,23,24,25). The van der Waals surface area contributed by atoms with Gasteiger partial charge in [0.25, 0.3) is 0 Å².